The van der Waals surface area contributed by atoms with Gasteiger partial charge in [0.05, 0.1) is 0 Å². The third kappa shape index (κ3) is 5.48. The molecule has 0 aliphatic heterocycles. The summed E-state index contributed by atoms with van der Waals surface area (Å²) in [5.74, 6) is 0.894. The van der Waals surface area contributed by atoms with Gasteiger partial charge in [-0.3, -0.25) is 0 Å². The molecular weight excluding hydrogens is 386 g/mol. The van der Waals surface area contributed by atoms with Gasteiger partial charge in [0, 0.05) is 11.3 Å². The maximum Gasteiger partial charge on any atom is 0.323 e. The first-order valence-electron chi connectivity index (χ1n) is 9.31. The lowest BCUT2D eigenvalue weighted by atomic mass is 9.86. The largest absolute Gasteiger partial charge is 0.437 e. The number of rotatable bonds is 4. The molecule has 0 fully saturated rings. The minimum atomic E-state index is -0.396. The molecule has 0 unspecified atom stereocenters. The van der Waals surface area contributed by atoms with Gasteiger partial charge in [0.1, 0.15) is 16.6 Å². The van der Waals surface area contributed by atoms with E-state index in [0.29, 0.717) is 17.1 Å². The molecule has 6 heteroatoms. The summed E-state index contributed by atoms with van der Waals surface area (Å²) in [6.07, 6.45) is 0. The van der Waals surface area contributed by atoms with E-state index in [0.717, 1.165) is 11.1 Å². The number of carbonyl (C=O) groups is 1. The van der Waals surface area contributed by atoms with E-state index in [9.17, 15) is 4.79 Å². The number of aryl methyl sites for hydroxylation is 1. The van der Waals surface area contributed by atoms with Crippen LogP contribution < -0.4 is 15.4 Å². The van der Waals surface area contributed by atoms with Crippen molar-refractivity contribution in [2.75, 3.05) is 10.6 Å². The van der Waals surface area contributed by atoms with Crippen molar-refractivity contribution in [3.05, 3.63) is 76.9 Å². The Bertz CT molecular complexity index is 1010. The van der Waals surface area contributed by atoms with Crippen LogP contribution in [-0.4, -0.2) is 11.0 Å². The number of carbonyl (C=O) groups excluding carboxylic acids is 1. The van der Waals surface area contributed by atoms with E-state index < -0.39 is 6.03 Å². The van der Waals surface area contributed by atoms with Crippen molar-refractivity contribution in [3.8, 4) is 11.6 Å². The molecule has 0 saturated heterocycles. The highest BCUT2D eigenvalue weighted by molar-refractivity contribution is 6.29. The number of nitrogens with zero attached hydrogens (tertiary/aromatic N) is 1. The molecule has 0 radical (unpaired) electrons. The molecule has 2 aromatic carbocycles. The first kappa shape index (κ1) is 20.7. The summed E-state index contributed by atoms with van der Waals surface area (Å²) in [4.78, 5) is 16.7. The number of para-hydroxylation sites is 1. The number of hydrogen-bond donors (Lipinski definition) is 2. The van der Waals surface area contributed by atoms with E-state index in [4.69, 9.17) is 16.3 Å². The van der Waals surface area contributed by atoms with Gasteiger partial charge in [0.2, 0.25) is 5.88 Å². The molecule has 3 aromatic rings. The first-order valence-corrected chi connectivity index (χ1v) is 9.69. The lowest BCUT2D eigenvalue weighted by molar-refractivity contribution is 0.262. The fourth-order valence-corrected chi connectivity index (χ4v) is 2.93. The lowest BCUT2D eigenvalue weighted by Crippen LogP contribution is -2.20. The molecule has 0 aliphatic carbocycles. The summed E-state index contributed by atoms with van der Waals surface area (Å²) < 4.78 is 6.08. The van der Waals surface area contributed by atoms with E-state index in [1.807, 2.05) is 55.5 Å². The summed E-state index contributed by atoms with van der Waals surface area (Å²) in [6.45, 7) is 8.31. The maximum atomic E-state index is 12.4. The molecule has 0 saturated carbocycles. The van der Waals surface area contributed by atoms with Crippen LogP contribution in [0.1, 0.15) is 31.9 Å². The molecule has 2 N–H and O–H groups in total. The highest BCUT2D eigenvalue weighted by atomic mass is 35.5. The van der Waals surface area contributed by atoms with Crippen LogP contribution in [0.5, 0.6) is 11.6 Å². The fraction of sp³-hybridized carbons (Fsp3) is 0.217. The second kappa shape index (κ2) is 8.53. The van der Waals surface area contributed by atoms with Crippen molar-refractivity contribution < 1.29 is 9.53 Å². The summed E-state index contributed by atoms with van der Waals surface area (Å²) in [5, 5.41) is 5.85. The Hall–Kier alpha value is -3.05. The number of benzene rings is 2. The summed E-state index contributed by atoms with van der Waals surface area (Å²) in [7, 11) is 0. The summed E-state index contributed by atoms with van der Waals surface area (Å²) in [6, 6.07) is 18.2. The molecule has 5 nitrogen and oxygen atoms in total. The van der Waals surface area contributed by atoms with E-state index in [1.54, 1.807) is 12.1 Å². The fourth-order valence-electron chi connectivity index (χ4n) is 2.79. The summed E-state index contributed by atoms with van der Waals surface area (Å²) in [5.41, 5.74) is 3.13. The van der Waals surface area contributed by atoms with E-state index in [2.05, 4.69) is 36.4 Å². The third-order valence-electron chi connectivity index (χ3n) is 4.29. The molecule has 3 rings (SSSR count). The lowest BCUT2D eigenvalue weighted by Gasteiger charge is -2.22. The predicted octanol–water partition coefficient (Wildman–Crippen LogP) is 6.78. The second-order valence-electron chi connectivity index (χ2n) is 7.78. The Labute approximate surface area is 176 Å². The first-order chi connectivity index (χ1) is 13.7. The SMILES string of the molecule is Cc1ccc(NC(=O)Nc2ccc(Cl)nc2Oc2ccccc2C(C)(C)C)cc1. The standard InChI is InChI=1S/C23H24ClN3O2/c1-15-9-11-16(12-10-15)25-22(28)26-18-13-14-20(24)27-21(18)29-19-8-6-5-7-17(19)23(2,3)4/h5-14H,1-4H3,(H2,25,26,28). The zero-order chi connectivity index (χ0) is 21.0. The number of ether oxygens (including phenoxy) is 1. The van der Waals surface area contributed by atoms with Crippen molar-refractivity contribution in [3.63, 3.8) is 0 Å². The minimum Gasteiger partial charge on any atom is -0.437 e. The molecule has 0 bridgehead atoms. The Kier molecular flexibility index (Phi) is 6.09. The third-order valence-corrected chi connectivity index (χ3v) is 4.50. The number of anilines is 2. The number of pyridine rings is 1. The average Bonchev–Trinajstić information content (AvgIpc) is 2.65. The number of halogens is 1. The number of hydrogen-bond acceptors (Lipinski definition) is 3. The van der Waals surface area contributed by atoms with Crippen molar-refractivity contribution in [2.45, 2.75) is 33.1 Å². The van der Waals surface area contributed by atoms with Crippen LogP contribution >= 0.6 is 11.6 Å². The number of aromatic nitrogens is 1. The second-order valence-corrected chi connectivity index (χ2v) is 8.17. The van der Waals surface area contributed by atoms with Crippen LogP contribution in [0, 0.1) is 6.92 Å². The van der Waals surface area contributed by atoms with Gasteiger partial charge in [0.25, 0.3) is 0 Å². The maximum absolute atomic E-state index is 12.4. The van der Waals surface area contributed by atoms with Gasteiger partial charge in [-0.2, -0.15) is 4.98 Å². The number of urea groups is 1. The number of nitrogens with one attached hydrogen (secondary N) is 2. The average molecular weight is 410 g/mol. The topological polar surface area (TPSA) is 63.2 Å². The van der Waals surface area contributed by atoms with Gasteiger partial charge in [-0.1, -0.05) is 68.3 Å². The van der Waals surface area contributed by atoms with Crippen LogP contribution in [-0.2, 0) is 5.41 Å². The Morgan fingerprint density at radius 2 is 1.66 bits per heavy atom. The zero-order valence-corrected chi connectivity index (χ0v) is 17.7. The van der Waals surface area contributed by atoms with E-state index in [-0.39, 0.29) is 16.4 Å². The normalized spacial score (nSPS) is 11.1. The van der Waals surface area contributed by atoms with Crippen molar-refractivity contribution in [2.24, 2.45) is 0 Å². The zero-order valence-electron chi connectivity index (χ0n) is 16.9. The van der Waals surface area contributed by atoms with Crippen LogP contribution in [0.2, 0.25) is 5.15 Å². The molecule has 1 aromatic heterocycles. The van der Waals surface area contributed by atoms with Crippen molar-refractivity contribution in [1.82, 2.24) is 4.98 Å². The highest BCUT2D eigenvalue weighted by Crippen LogP contribution is 2.36. The van der Waals surface area contributed by atoms with Gasteiger partial charge in [-0.25, -0.2) is 4.79 Å². The molecule has 29 heavy (non-hydrogen) atoms. The Morgan fingerprint density at radius 1 is 0.966 bits per heavy atom. The van der Waals surface area contributed by atoms with Gasteiger partial charge >= 0.3 is 6.03 Å². The molecule has 150 valence electrons. The molecule has 0 spiro atoms. The molecule has 0 aliphatic rings. The molecular formula is C23H24ClN3O2. The monoisotopic (exact) mass is 409 g/mol. The van der Waals surface area contributed by atoms with Gasteiger partial charge in [-0.05, 0) is 42.7 Å². The molecule has 0 atom stereocenters. The van der Waals surface area contributed by atoms with Gasteiger partial charge in [-0.15, -0.1) is 0 Å². The molecule has 1 heterocycles. The highest BCUT2D eigenvalue weighted by Gasteiger charge is 2.20. The van der Waals surface area contributed by atoms with Gasteiger partial charge in [0.15, 0.2) is 0 Å². The Balaban J connectivity index is 1.83. The van der Waals surface area contributed by atoms with Crippen LogP contribution in [0.3, 0.4) is 0 Å². The van der Waals surface area contributed by atoms with Crippen LogP contribution in [0.15, 0.2) is 60.7 Å². The summed E-state index contributed by atoms with van der Waals surface area (Å²) >= 11 is 6.07. The quantitative estimate of drug-likeness (QED) is 0.467. The number of amides is 2. The predicted molar refractivity (Wildman–Crippen MR) is 118 cm³/mol. The van der Waals surface area contributed by atoms with E-state index >= 15 is 0 Å². The van der Waals surface area contributed by atoms with Crippen molar-refractivity contribution >= 4 is 29.0 Å². The Morgan fingerprint density at radius 3 is 2.34 bits per heavy atom. The van der Waals surface area contributed by atoms with Crippen molar-refractivity contribution in [1.29, 1.82) is 0 Å². The van der Waals surface area contributed by atoms with Crippen LogP contribution in [0.4, 0.5) is 16.2 Å². The van der Waals surface area contributed by atoms with Gasteiger partial charge < -0.3 is 15.4 Å². The smallest absolute Gasteiger partial charge is 0.323 e. The van der Waals surface area contributed by atoms with E-state index in [1.165, 1.54) is 0 Å². The molecule has 2 amide bonds. The minimum absolute atomic E-state index is 0.119. The van der Waals surface area contributed by atoms with Crippen LogP contribution in [0.25, 0.3) is 0 Å².